The number of fused-ring (bicyclic) bond motifs is 1. The molecular formula is C25H24ClN5O2S. The average Bonchev–Trinajstić information content (AvgIpc) is 3.33. The standard InChI is InChI=1S/C25H24ClN5O2S/c1-30-11-13-31(14-12-30)23-20(26)7-4-8-21(23)27-22(32)16-34-25-29-28-24(33-25)19-10-9-17-5-2-3-6-18(17)15-19/h2-10,15H,11-14,16H2,1H3,(H,27,32). The Hall–Kier alpha value is -3.07. The predicted octanol–water partition coefficient (Wildman–Crippen LogP) is 5.03. The zero-order valence-electron chi connectivity index (χ0n) is 18.7. The van der Waals surface area contributed by atoms with E-state index in [1.807, 2.05) is 54.6 Å². The molecule has 0 saturated carbocycles. The first-order valence-corrected chi connectivity index (χ1v) is 12.4. The topological polar surface area (TPSA) is 74.5 Å². The fraction of sp³-hybridized carbons (Fsp3) is 0.240. The zero-order valence-corrected chi connectivity index (χ0v) is 20.3. The van der Waals surface area contributed by atoms with E-state index in [1.54, 1.807) is 0 Å². The monoisotopic (exact) mass is 493 g/mol. The second kappa shape index (κ2) is 10.0. The van der Waals surface area contributed by atoms with Gasteiger partial charge >= 0.3 is 0 Å². The Morgan fingerprint density at radius 2 is 1.82 bits per heavy atom. The third kappa shape index (κ3) is 5.04. The summed E-state index contributed by atoms with van der Waals surface area (Å²) in [4.78, 5) is 17.2. The second-order valence-electron chi connectivity index (χ2n) is 8.20. The van der Waals surface area contributed by atoms with Gasteiger partial charge in [0.25, 0.3) is 5.22 Å². The van der Waals surface area contributed by atoms with Gasteiger partial charge in [0.2, 0.25) is 11.8 Å². The Kier molecular flexibility index (Phi) is 6.71. The quantitative estimate of drug-likeness (QED) is 0.378. The number of hydrogen-bond donors (Lipinski definition) is 1. The van der Waals surface area contributed by atoms with Crippen LogP contribution in [0, 0.1) is 0 Å². The molecule has 1 aromatic heterocycles. The first kappa shape index (κ1) is 22.7. The number of piperazine rings is 1. The highest BCUT2D eigenvalue weighted by molar-refractivity contribution is 7.99. The first-order chi connectivity index (χ1) is 16.6. The fourth-order valence-corrected chi connectivity index (χ4v) is 4.85. The molecule has 1 saturated heterocycles. The summed E-state index contributed by atoms with van der Waals surface area (Å²) in [6, 6.07) is 19.7. The summed E-state index contributed by atoms with van der Waals surface area (Å²) < 4.78 is 5.79. The van der Waals surface area contributed by atoms with Crippen molar-refractivity contribution in [1.29, 1.82) is 0 Å². The molecule has 3 aromatic carbocycles. The molecule has 1 fully saturated rings. The molecule has 2 heterocycles. The summed E-state index contributed by atoms with van der Waals surface area (Å²) >= 11 is 7.72. The third-order valence-corrected chi connectivity index (χ3v) is 6.93. The van der Waals surface area contributed by atoms with Gasteiger partial charge in [-0.15, -0.1) is 10.2 Å². The van der Waals surface area contributed by atoms with Crippen LogP contribution in [0.2, 0.25) is 5.02 Å². The molecule has 0 spiro atoms. The second-order valence-corrected chi connectivity index (χ2v) is 9.53. The summed E-state index contributed by atoms with van der Waals surface area (Å²) in [5.74, 6) is 0.419. The van der Waals surface area contributed by atoms with E-state index in [0.717, 1.165) is 48.2 Å². The van der Waals surface area contributed by atoms with Gasteiger partial charge in [-0.25, -0.2) is 0 Å². The minimum atomic E-state index is -0.159. The highest BCUT2D eigenvalue weighted by atomic mass is 35.5. The summed E-state index contributed by atoms with van der Waals surface area (Å²) in [5, 5.41) is 14.5. The molecule has 9 heteroatoms. The zero-order chi connectivity index (χ0) is 23.5. The van der Waals surface area contributed by atoms with E-state index in [2.05, 4.69) is 38.4 Å². The molecule has 34 heavy (non-hydrogen) atoms. The number of halogens is 1. The maximum atomic E-state index is 12.7. The van der Waals surface area contributed by atoms with Crippen LogP contribution in [0.25, 0.3) is 22.2 Å². The lowest BCUT2D eigenvalue weighted by Gasteiger charge is -2.35. The summed E-state index contributed by atoms with van der Waals surface area (Å²) in [6.45, 7) is 3.62. The van der Waals surface area contributed by atoms with Crippen molar-refractivity contribution in [2.24, 2.45) is 0 Å². The van der Waals surface area contributed by atoms with Crippen molar-refractivity contribution in [3.8, 4) is 11.5 Å². The van der Waals surface area contributed by atoms with Gasteiger partial charge in [0, 0.05) is 31.7 Å². The van der Waals surface area contributed by atoms with Crippen molar-refractivity contribution in [2.75, 3.05) is 49.2 Å². The van der Waals surface area contributed by atoms with E-state index in [4.69, 9.17) is 16.0 Å². The lowest BCUT2D eigenvalue weighted by atomic mass is 10.1. The van der Waals surface area contributed by atoms with Crippen LogP contribution in [0.15, 0.2) is 70.3 Å². The van der Waals surface area contributed by atoms with Crippen molar-refractivity contribution < 1.29 is 9.21 Å². The Bertz CT molecular complexity index is 1320. The Morgan fingerprint density at radius 3 is 2.65 bits per heavy atom. The number of anilines is 2. The number of likely N-dealkylation sites (N-methyl/N-ethyl adjacent to an activating group) is 1. The van der Waals surface area contributed by atoms with Crippen molar-refractivity contribution in [2.45, 2.75) is 5.22 Å². The van der Waals surface area contributed by atoms with Crippen LogP contribution in [0.4, 0.5) is 11.4 Å². The van der Waals surface area contributed by atoms with Gasteiger partial charge in [-0.1, -0.05) is 59.8 Å². The average molecular weight is 494 g/mol. The van der Waals surface area contributed by atoms with Crippen LogP contribution in [-0.2, 0) is 4.79 Å². The van der Waals surface area contributed by atoms with Gasteiger partial charge in [-0.3, -0.25) is 4.79 Å². The van der Waals surface area contributed by atoms with Gasteiger partial charge in [0.15, 0.2) is 0 Å². The van der Waals surface area contributed by atoms with Crippen LogP contribution >= 0.6 is 23.4 Å². The SMILES string of the molecule is CN1CCN(c2c(Cl)cccc2NC(=O)CSc2nnc(-c3ccc4ccccc4c3)o2)CC1. The molecule has 1 aliphatic heterocycles. The van der Waals surface area contributed by atoms with E-state index in [-0.39, 0.29) is 11.7 Å². The predicted molar refractivity (Wildman–Crippen MR) is 138 cm³/mol. The summed E-state index contributed by atoms with van der Waals surface area (Å²) in [6.07, 6.45) is 0. The molecule has 0 bridgehead atoms. The smallest absolute Gasteiger partial charge is 0.277 e. The third-order valence-electron chi connectivity index (χ3n) is 5.81. The van der Waals surface area contributed by atoms with E-state index >= 15 is 0 Å². The fourth-order valence-electron chi connectivity index (χ4n) is 3.99. The van der Waals surface area contributed by atoms with E-state index in [0.29, 0.717) is 21.8 Å². The van der Waals surface area contributed by atoms with Gasteiger partial charge in [0.05, 0.1) is 22.2 Å². The molecule has 1 amide bonds. The van der Waals surface area contributed by atoms with Gasteiger partial charge in [0.1, 0.15) is 0 Å². The number of carbonyl (C=O) groups excluding carboxylic acids is 1. The number of nitrogens with zero attached hydrogens (tertiary/aromatic N) is 4. The van der Waals surface area contributed by atoms with Gasteiger partial charge in [-0.05, 0) is 42.1 Å². The van der Waals surface area contributed by atoms with Gasteiger partial charge in [-0.2, -0.15) is 0 Å². The number of hydrogen-bond acceptors (Lipinski definition) is 7. The molecule has 0 unspecified atom stereocenters. The number of para-hydroxylation sites is 1. The molecule has 0 aliphatic carbocycles. The molecule has 1 N–H and O–H groups in total. The number of thioether (sulfide) groups is 1. The number of rotatable bonds is 6. The highest BCUT2D eigenvalue weighted by Crippen LogP contribution is 2.35. The normalized spacial score (nSPS) is 14.5. The number of amides is 1. The van der Waals surface area contributed by atoms with Gasteiger partial charge < -0.3 is 19.5 Å². The lowest BCUT2D eigenvalue weighted by molar-refractivity contribution is -0.113. The molecule has 7 nitrogen and oxygen atoms in total. The summed E-state index contributed by atoms with van der Waals surface area (Å²) in [5.41, 5.74) is 2.43. The summed E-state index contributed by atoms with van der Waals surface area (Å²) in [7, 11) is 2.10. The minimum Gasteiger partial charge on any atom is -0.411 e. The Balaban J connectivity index is 1.23. The molecule has 4 aromatic rings. The van der Waals surface area contributed by atoms with Crippen molar-refractivity contribution >= 4 is 51.4 Å². The number of nitrogens with one attached hydrogen (secondary N) is 1. The van der Waals surface area contributed by atoms with Crippen molar-refractivity contribution in [1.82, 2.24) is 15.1 Å². The van der Waals surface area contributed by atoms with Crippen molar-refractivity contribution in [3.63, 3.8) is 0 Å². The van der Waals surface area contributed by atoms with Crippen molar-refractivity contribution in [3.05, 3.63) is 65.7 Å². The highest BCUT2D eigenvalue weighted by Gasteiger charge is 2.21. The maximum Gasteiger partial charge on any atom is 0.277 e. The molecule has 174 valence electrons. The van der Waals surface area contributed by atoms with E-state index in [1.165, 1.54) is 11.8 Å². The number of aromatic nitrogens is 2. The minimum absolute atomic E-state index is 0.147. The van der Waals surface area contributed by atoms with Crippen LogP contribution in [-0.4, -0.2) is 60.0 Å². The number of benzene rings is 3. The molecule has 0 radical (unpaired) electrons. The van der Waals surface area contributed by atoms with E-state index < -0.39 is 0 Å². The van der Waals surface area contributed by atoms with Crippen LogP contribution in [0.1, 0.15) is 0 Å². The van der Waals surface area contributed by atoms with Crippen LogP contribution in [0.3, 0.4) is 0 Å². The molecule has 1 aliphatic rings. The first-order valence-electron chi connectivity index (χ1n) is 11.0. The molecular weight excluding hydrogens is 470 g/mol. The molecule has 5 rings (SSSR count). The Labute approximate surface area is 207 Å². The largest absolute Gasteiger partial charge is 0.411 e. The maximum absolute atomic E-state index is 12.7. The lowest BCUT2D eigenvalue weighted by Crippen LogP contribution is -2.44. The van der Waals surface area contributed by atoms with E-state index in [9.17, 15) is 4.79 Å². The Morgan fingerprint density at radius 1 is 1.03 bits per heavy atom. The van der Waals surface area contributed by atoms with Crippen LogP contribution < -0.4 is 10.2 Å². The number of carbonyl (C=O) groups is 1. The van der Waals surface area contributed by atoms with Crippen LogP contribution in [0.5, 0.6) is 0 Å². The molecule has 0 atom stereocenters.